The van der Waals surface area contributed by atoms with Crippen molar-refractivity contribution in [2.24, 2.45) is 5.92 Å². The first-order valence-electron chi connectivity index (χ1n) is 6.67. The summed E-state index contributed by atoms with van der Waals surface area (Å²) in [4.78, 5) is 0. The Kier molecular flexibility index (Phi) is 3.99. The van der Waals surface area contributed by atoms with Crippen LogP contribution in [0.15, 0.2) is 41.1 Å². The van der Waals surface area contributed by atoms with Crippen molar-refractivity contribution < 1.29 is 4.74 Å². The quantitative estimate of drug-likeness (QED) is 0.858. The highest BCUT2D eigenvalue weighted by Gasteiger charge is 2.15. The molecule has 1 fully saturated rings. The van der Waals surface area contributed by atoms with E-state index >= 15 is 0 Å². The van der Waals surface area contributed by atoms with Gasteiger partial charge in [-0.2, -0.15) is 5.10 Å². The Labute approximate surface area is 121 Å². The molecule has 1 aromatic heterocycles. The van der Waals surface area contributed by atoms with Gasteiger partial charge in [0.2, 0.25) is 0 Å². The molecular formula is C15H17BrN2O. The molecular weight excluding hydrogens is 304 g/mol. The zero-order valence-electron chi connectivity index (χ0n) is 10.8. The van der Waals surface area contributed by atoms with Crippen molar-refractivity contribution in [2.45, 2.75) is 19.4 Å². The number of benzene rings is 1. The van der Waals surface area contributed by atoms with Crippen molar-refractivity contribution in [3.8, 4) is 11.1 Å². The number of aromatic nitrogens is 2. The maximum absolute atomic E-state index is 5.40. The summed E-state index contributed by atoms with van der Waals surface area (Å²) in [5, 5.41) is 4.44. The van der Waals surface area contributed by atoms with Gasteiger partial charge in [-0.05, 0) is 36.5 Å². The van der Waals surface area contributed by atoms with E-state index in [1.807, 2.05) is 10.9 Å². The van der Waals surface area contributed by atoms with Gasteiger partial charge in [0.15, 0.2) is 0 Å². The second-order valence-corrected chi connectivity index (χ2v) is 5.93. The van der Waals surface area contributed by atoms with E-state index in [1.54, 1.807) is 0 Å². The molecule has 3 nitrogen and oxygen atoms in total. The average Bonchev–Trinajstić information content (AvgIpc) is 3.09. The summed E-state index contributed by atoms with van der Waals surface area (Å²) < 4.78 is 8.54. The highest BCUT2D eigenvalue weighted by atomic mass is 79.9. The fourth-order valence-corrected chi connectivity index (χ4v) is 2.67. The van der Waals surface area contributed by atoms with Crippen molar-refractivity contribution in [3.05, 3.63) is 41.1 Å². The standard InChI is InChI=1S/C15H17BrN2O/c16-15-3-1-13(2-4-15)14-9-17-18(10-14)7-5-12-6-8-19-11-12/h1-4,9-10,12H,5-8,11H2. The fraction of sp³-hybridized carbons (Fsp3) is 0.400. The maximum Gasteiger partial charge on any atom is 0.0568 e. The molecule has 0 bridgehead atoms. The predicted molar refractivity (Wildman–Crippen MR) is 78.9 cm³/mol. The molecule has 0 N–H and O–H groups in total. The van der Waals surface area contributed by atoms with Crippen molar-refractivity contribution in [1.29, 1.82) is 0 Å². The number of halogens is 1. The Morgan fingerprint density at radius 1 is 1.26 bits per heavy atom. The van der Waals surface area contributed by atoms with Crippen molar-refractivity contribution >= 4 is 15.9 Å². The van der Waals surface area contributed by atoms with Gasteiger partial charge in [0.1, 0.15) is 0 Å². The molecule has 0 aliphatic carbocycles. The van der Waals surface area contributed by atoms with Crippen LogP contribution in [-0.4, -0.2) is 23.0 Å². The summed E-state index contributed by atoms with van der Waals surface area (Å²) in [5.74, 6) is 0.709. The molecule has 1 aliphatic rings. The maximum atomic E-state index is 5.40. The lowest BCUT2D eigenvalue weighted by Gasteiger charge is -2.06. The molecule has 0 spiro atoms. The SMILES string of the molecule is Brc1ccc(-c2cnn(CCC3CCOC3)c2)cc1. The van der Waals surface area contributed by atoms with Crippen molar-refractivity contribution in [2.75, 3.05) is 13.2 Å². The second-order valence-electron chi connectivity index (χ2n) is 5.02. The van der Waals surface area contributed by atoms with E-state index in [9.17, 15) is 0 Å². The van der Waals surface area contributed by atoms with Gasteiger partial charge in [0.05, 0.1) is 6.20 Å². The van der Waals surface area contributed by atoms with E-state index in [4.69, 9.17) is 4.74 Å². The summed E-state index contributed by atoms with van der Waals surface area (Å²) in [6.07, 6.45) is 6.41. The Bertz CT molecular complexity index is 529. The van der Waals surface area contributed by atoms with Crippen LogP contribution in [0.1, 0.15) is 12.8 Å². The van der Waals surface area contributed by atoms with Crippen molar-refractivity contribution in [1.82, 2.24) is 9.78 Å². The molecule has 1 atom stereocenters. The lowest BCUT2D eigenvalue weighted by atomic mass is 10.1. The van der Waals surface area contributed by atoms with E-state index in [0.29, 0.717) is 5.92 Å². The van der Waals surface area contributed by atoms with Crippen LogP contribution in [0.4, 0.5) is 0 Å². The smallest absolute Gasteiger partial charge is 0.0568 e. The van der Waals surface area contributed by atoms with Gasteiger partial charge in [-0.1, -0.05) is 28.1 Å². The van der Waals surface area contributed by atoms with Crippen LogP contribution in [0.5, 0.6) is 0 Å². The monoisotopic (exact) mass is 320 g/mol. The minimum atomic E-state index is 0.709. The van der Waals surface area contributed by atoms with Crippen LogP contribution < -0.4 is 0 Å². The second kappa shape index (κ2) is 5.88. The van der Waals surface area contributed by atoms with Crippen LogP contribution >= 0.6 is 15.9 Å². The Hall–Kier alpha value is -1.13. The molecule has 1 saturated heterocycles. The molecule has 19 heavy (non-hydrogen) atoms. The van der Waals surface area contributed by atoms with Crippen LogP contribution in [0.3, 0.4) is 0 Å². The predicted octanol–water partition coefficient (Wildman–Crippen LogP) is 3.74. The number of ether oxygens (including phenoxy) is 1. The van der Waals surface area contributed by atoms with E-state index < -0.39 is 0 Å². The molecule has 2 heterocycles. The zero-order valence-corrected chi connectivity index (χ0v) is 12.3. The number of hydrogen-bond acceptors (Lipinski definition) is 2. The molecule has 3 rings (SSSR count). The van der Waals surface area contributed by atoms with Gasteiger partial charge >= 0.3 is 0 Å². The Balaban J connectivity index is 1.63. The third-order valence-electron chi connectivity index (χ3n) is 3.60. The van der Waals surface area contributed by atoms with Gasteiger partial charge in [0.25, 0.3) is 0 Å². The van der Waals surface area contributed by atoms with Crippen LogP contribution in [0.25, 0.3) is 11.1 Å². The molecule has 100 valence electrons. The number of nitrogens with zero attached hydrogens (tertiary/aromatic N) is 2. The Morgan fingerprint density at radius 2 is 2.11 bits per heavy atom. The minimum Gasteiger partial charge on any atom is -0.381 e. The summed E-state index contributed by atoms with van der Waals surface area (Å²) in [7, 11) is 0. The first-order valence-corrected chi connectivity index (χ1v) is 7.47. The largest absolute Gasteiger partial charge is 0.381 e. The number of rotatable bonds is 4. The lowest BCUT2D eigenvalue weighted by Crippen LogP contribution is -2.06. The van der Waals surface area contributed by atoms with Gasteiger partial charge in [-0.25, -0.2) is 0 Å². The van der Waals surface area contributed by atoms with Crippen molar-refractivity contribution in [3.63, 3.8) is 0 Å². The van der Waals surface area contributed by atoms with Crippen LogP contribution in [-0.2, 0) is 11.3 Å². The average molecular weight is 321 g/mol. The van der Waals surface area contributed by atoms with Gasteiger partial charge in [-0.15, -0.1) is 0 Å². The van der Waals surface area contributed by atoms with E-state index in [0.717, 1.165) is 30.7 Å². The van der Waals surface area contributed by atoms with Gasteiger partial charge in [-0.3, -0.25) is 4.68 Å². The highest BCUT2D eigenvalue weighted by Crippen LogP contribution is 2.22. The van der Waals surface area contributed by atoms with E-state index in [2.05, 4.69) is 51.5 Å². The van der Waals surface area contributed by atoms with Crippen LogP contribution in [0, 0.1) is 5.92 Å². The molecule has 1 unspecified atom stereocenters. The first-order chi connectivity index (χ1) is 9.31. The third-order valence-corrected chi connectivity index (χ3v) is 4.13. The number of aryl methyl sites for hydroxylation is 1. The summed E-state index contributed by atoms with van der Waals surface area (Å²) in [6.45, 7) is 2.82. The zero-order chi connectivity index (χ0) is 13.1. The summed E-state index contributed by atoms with van der Waals surface area (Å²) in [6, 6.07) is 8.33. The highest BCUT2D eigenvalue weighted by molar-refractivity contribution is 9.10. The summed E-state index contributed by atoms with van der Waals surface area (Å²) >= 11 is 3.45. The van der Waals surface area contributed by atoms with Gasteiger partial charge < -0.3 is 4.74 Å². The molecule has 0 radical (unpaired) electrons. The van der Waals surface area contributed by atoms with Crippen LogP contribution in [0.2, 0.25) is 0 Å². The molecule has 1 aromatic carbocycles. The minimum absolute atomic E-state index is 0.709. The molecule has 2 aromatic rings. The fourth-order valence-electron chi connectivity index (χ4n) is 2.40. The first kappa shape index (κ1) is 12.9. The van der Waals surface area contributed by atoms with E-state index in [-0.39, 0.29) is 0 Å². The summed E-state index contributed by atoms with van der Waals surface area (Å²) in [5.41, 5.74) is 2.38. The Morgan fingerprint density at radius 3 is 2.84 bits per heavy atom. The molecule has 0 saturated carbocycles. The number of hydrogen-bond donors (Lipinski definition) is 0. The third kappa shape index (κ3) is 3.25. The molecule has 1 aliphatic heterocycles. The molecule has 0 amide bonds. The topological polar surface area (TPSA) is 27.1 Å². The lowest BCUT2D eigenvalue weighted by molar-refractivity contribution is 0.183. The van der Waals surface area contributed by atoms with E-state index in [1.165, 1.54) is 17.5 Å². The van der Waals surface area contributed by atoms with Gasteiger partial charge in [0, 0.05) is 36.0 Å². The molecule has 4 heteroatoms. The normalized spacial score (nSPS) is 18.9.